The van der Waals surface area contributed by atoms with E-state index in [-0.39, 0.29) is 18.0 Å². The molecule has 0 N–H and O–H groups in total. The van der Waals surface area contributed by atoms with Crippen molar-refractivity contribution >= 4 is 17.6 Å². The lowest BCUT2D eigenvalue weighted by atomic mass is 10.1. The summed E-state index contributed by atoms with van der Waals surface area (Å²) >= 11 is 0. The van der Waals surface area contributed by atoms with Crippen LogP contribution in [0.3, 0.4) is 0 Å². The topological polar surface area (TPSA) is 74.3 Å². The second-order valence-electron chi connectivity index (χ2n) is 5.55. The Bertz CT molecular complexity index is 812. The van der Waals surface area contributed by atoms with E-state index in [0.29, 0.717) is 22.9 Å². The van der Waals surface area contributed by atoms with Crippen LogP contribution in [0, 0.1) is 0 Å². The molecular weight excluding hydrogens is 338 g/mol. The number of fused-ring (bicyclic) bond motifs is 1. The molecule has 1 aliphatic heterocycles. The fourth-order valence-electron chi connectivity index (χ4n) is 2.88. The van der Waals surface area contributed by atoms with Crippen LogP contribution in [0.5, 0.6) is 17.2 Å². The Balaban J connectivity index is 2.08. The Kier molecular flexibility index (Phi) is 4.97. The van der Waals surface area contributed by atoms with E-state index in [9.17, 15) is 9.59 Å². The summed E-state index contributed by atoms with van der Waals surface area (Å²) in [5.41, 5.74) is 0.837. The highest BCUT2D eigenvalue weighted by Crippen LogP contribution is 2.37. The molecule has 2 aromatic rings. The van der Waals surface area contributed by atoms with Crippen molar-refractivity contribution in [2.75, 3.05) is 32.8 Å². The van der Waals surface area contributed by atoms with Crippen LogP contribution < -0.4 is 19.1 Å². The first kappa shape index (κ1) is 17.6. The third-order valence-corrected chi connectivity index (χ3v) is 4.12. The number of methoxy groups -OCH3 is 3. The largest absolute Gasteiger partial charge is 0.496 e. The van der Waals surface area contributed by atoms with Crippen molar-refractivity contribution in [3.8, 4) is 17.2 Å². The molecule has 136 valence electrons. The number of nitrogens with zero attached hydrogens (tertiary/aromatic N) is 1. The average molecular weight is 357 g/mol. The predicted octanol–water partition coefficient (Wildman–Crippen LogP) is 2.28. The summed E-state index contributed by atoms with van der Waals surface area (Å²) in [6.07, 6.45) is -0.917. The fourth-order valence-corrected chi connectivity index (χ4v) is 2.88. The zero-order valence-electron chi connectivity index (χ0n) is 14.7. The molecular formula is C19H19NO6. The highest BCUT2D eigenvalue weighted by molar-refractivity contribution is 6.11. The lowest BCUT2D eigenvalue weighted by Crippen LogP contribution is -2.47. The molecule has 0 aliphatic carbocycles. The molecule has 0 radical (unpaired) electrons. The number of carbonyl (C=O) groups excluding carboxylic acids is 2. The van der Waals surface area contributed by atoms with Crippen LogP contribution in [0.1, 0.15) is 10.4 Å². The van der Waals surface area contributed by atoms with Crippen molar-refractivity contribution in [3.63, 3.8) is 0 Å². The number of hydrogen-bond acceptors (Lipinski definition) is 6. The number of benzene rings is 2. The molecule has 7 nitrogen and oxygen atoms in total. The third-order valence-electron chi connectivity index (χ3n) is 4.12. The van der Waals surface area contributed by atoms with Gasteiger partial charge >= 0.3 is 5.97 Å². The number of carbonyl (C=O) groups is 2. The number of amides is 1. The molecule has 0 aromatic heterocycles. The standard InChI is InChI=1S/C19H19NO6/c1-23-14-9-6-10-15(24-2)17(14)18(21)20-11-16(19(22)25-3)26-13-8-5-4-7-12(13)20/h4-10,16H,11H2,1-3H3. The van der Waals surface area contributed by atoms with Crippen molar-refractivity contribution < 1.29 is 28.5 Å². The number of ether oxygens (including phenoxy) is 4. The van der Waals surface area contributed by atoms with Crippen LogP contribution in [0.2, 0.25) is 0 Å². The van der Waals surface area contributed by atoms with Gasteiger partial charge in [-0.05, 0) is 24.3 Å². The lowest BCUT2D eigenvalue weighted by molar-refractivity contribution is -0.148. The van der Waals surface area contributed by atoms with Gasteiger partial charge in [0.15, 0.2) is 0 Å². The molecule has 0 spiro atoms. The molecule has 0 fully saturated rings. The Morgan fingerprint density at radius 1 is 1.00 bits per heavy atom. The Morgan fingerprint density at radius 2 is 1.65 bits per heavy atom. The van der Waals surface area contributed by atoms with Gasteiger partial charge in [0.05, 0.1) is 33.6 Å². The van der Waals surface area contributed by atoms with Gasteiger partial charge in [0, 0.05) is 0 Å². The molecule has 1 aliphatic rings. The quantitative estimate of drug-likeness (QED) is 0.782. The van der Waals surface area contributed by atoms with E-state index >= 15 is 0 Å². The van der Waals surface area contributed by atoms with Crippen LogP contribution in [0.15, 0.2) is 42.5 Å². The second-order valence-corrected chi connectivity index (χ2v) is 5.55. The first-order valence-corrected chi connectivity index (χ1v) is 7.97. The van der Waals surface area contributed by atoms with Gasteiger partial charge < -0.3 is 23.8 Å². The summed E-state index contributed by atoms with van der Waals surface area (Å²) in [5, 5.41) is 0. The fraction of sp³-hybridized carbons (Fsp3) is 0.263. The zero-order chi connectivity index (χ0) is 18.7. The molecule has 1 unspecified atom stereocenters. The molecule has 26 heavy (non-hydrogen) atoms. The second kappa shape index (κ2) is 7.35. The molecule has 1 heterocycles. The molecule has 7 heteroatoms. The van der Waals surface area contributed by atoms with Crippen molar-refractivity contribution in [1.29, 1.82) is 0 Å². The number of rotatable bonds is 4. The molecule has 3 rings (SSSR count). The van der Waals surface area contributed by atoms with Gasteiger partial charge in [-0.25, -0.2) is 4.79 Å². The van der Waals surface area contributed by atoms with E-state index in [2.05, 4.69) is 0 Å². The normalized spacial score (nSPS) is 15.5. The highest BCUT2D eigenvalue weighted by atomic mass is 16.6. The van der Waals surface area contributed by atoms with E-state index in [1.54, 1.807) is 42.5 Å². The maximum absolute atomic E-state index is 13.3. The zero-order valence-corrected chi connectivity index (χ0v) is 14.7. The van der Waals surface area contributed by atoms with Gasteiger partial charge in [-0.15, -0.1) is 0 Å². The number of para-hydroxylation sites is 2. The minimum absolute atomic E-state index is 0.0176. The van der Waals surface area contributed by atoms with Crippen LogP contribution >= 0.6 is 0 Å². The summed E-state index contributed by atoms with van der Waals surface area (Å²) < 4.78 is 21.1. The van der Waals surface area contributed by atoms with Crippen LogP contribution in [0.4, 0.5) is 5.69 Å². The van der Waals surface area contributed by atoms with E-state index in [4.69, 9.17) is 18.9 Å². The molecule has 1 atom stereocenters. The summed E-state index contributed by atoms with van der Waals surface area (Å²) in [7, 11) is 4.24. The van der Waals surface area contributed by atoms with Gasteiger partial charge in [-0.1, -0.05) is 18.2 Å². The monoisotopic (exact) mass is 357 g/mol. The molecule has 0 saturated carbocycles. The maximum Gasteiger partial charge on any atom is 0.348 e. The van der Waals surface area contributed by atoms with E-state index in [1.165, 1.54) is 26.2 Å². The minimum atomic E-state index is -0.917. The summed E-state index contributed by atoms with van der Waals surface area (Å²) in [6, 6.07) is 12.1. The molecule has 0 saturated heterocycles. The number of anilines is 1. The number of esters is 1. The van der Waals surface area contributed by atoms with E-state index in [0.717, 1.165) is 0 Å². The lowest BCUT2D eigenvalue weighted by Gasteiger charge is -2.34. The van der Waals surface area contributed by atoms with Gasteiger partial charge in [-0.3, -0.25) is 4.79 Å². The summed E-state index contributed by atoms with van der Waals surface area (Å²) in [6.45, 7) is 0.0176. The van der Waals surface area contributed by atoms with E-state index in [1.807, 2.05) is 0 Å². The van der Waals surface area contributed by atoms with Gasteiger partial charge in [0.2, 0.25) is 6.10 Å². The third kappa shape index (κ3) is 3.03. The molecule has 0 bridgehead atoms. The van der Waals surface area contributed by atoms with E-state index < -0.39 is 12.1 Å². The molecule has 1 amide bonds. The van der Waals surface area contributed by atoms with Crippen molar-refractivity contribution in [2.45, 2.75) is 6.10 Å². The Labute approximate surface area is 151 Å². The Hall–Kier alpha value is -3.22. The van der Waals surface area contributed by atoms with Gasteiger partial charge in [0.25, 0.3) is 5.91 Å². The summed E-state index contributed by atoms with van der Waals surface area (Å²) in [5.74, 6) is 0.283. The maximum atomic E-state index is 13.3. The van der Waals surface area contributed by atoms with Gasteiger partial charge in [0.1, 0.15) is 22.8 Å². The smallest absolute Gasteiger partial charge is 0.348 e. The van der Waals surface area contributed by atoms with Crippen LogP contribution in [-0.4, -0.2) is 45.9 Å². The SMILES string of the molecule is COC(=O)C1CN(C(=O)c2c(OC)cccc2OC)c2ccccc2O1. The van der Waals surface area contributed by atoms with Crippen molar-refractivity contribution in [3.05, 3.63) is 48.0 Å². The van der Waals surface area contributed by atoms with Crippen LogP contribution in [0.25, 0.3) is 0 Å². The highest BCUT2D eigenvalue weighted by Gasteiger charge is 2.36. The Morgan fingerprint density at radius 3 is 2.27 bits per heavy atom. The summed E-state index contributed by atoms with van der Waals surface area (Å²) in [4.78, 5) is 26.8. The predicted molar refractivity (Wildman–Crippen MR) is 94.1 cm³/mol. The number of hydrogen-bond donors (Lipinski definition) is 0. The first-order valence-electron chi connectivity index (χ1n) is 7.97. The van der Waals surface area contributed by atoms with Crippen LogP contribution in [-0.2, 0) is 9.53 Å². The first-order chi connectivity index (χ1) is 12.6. The van der Waals surface area contributed by atoms with Crippen molar-refractivity contribution in [1.82, 2.24) is 0 Å². The van der Waals surface area contributed by atoms with Crippen molar-refractivity contribution in [2.24, 2.45) is 0 Å². The van der Waals surface area contributed by atoms with Gasteiger partial charge in [-0.2, -0.15) is 0 Å². The molecule has 2 aromatic carbocycles. The minimum Gasteiger partial charge on any atom is -0.496 e. The average Bonchev–Trinajstić information content (AvgIpc) is 2.70.